The molecule has 0 saturated heterocycles. The Morgan fingerprint density at radius 1 is 1.43 bits per heavy atom. The van der Waals surface area contributed by atoms with Gasteiger partial charge in [0.15, 0.2) is 0 Å². The fourth-order valence-corrected chi connectivity index (χ4v) is 2.32. The standard InChI is InChI=1S/C14H19ClN2O3S/c1-9-4-5-10(15)8-12(9)17-14(19)16-11(6-7-21-3)13(18)20-2/h4-5,8,11H,6-7H2,1-3H3,(H2,16,17,19)/t11-/m1/s1. The van der Waals surface area contributed by atoms with Crippen LogP contribution in [0, 0.1) is 6.92 Å². The van der Waals surface area contributed by atoms with Crippen molar-refractivity contribution in [3.8, 4) is 0 Å². The zero-order chi connectivity index (χ0) is 15.8. The summed E-state index contributed by atoms with van der Waals surface area (Å²) in [4.78, 5) is 23.6. The molecule has 0 bridgehead atoms. The largest absolute Gasteiger partial charge is 0.467 e. The maximum atomic E-state index is 12.0. The number of hydrogen-bond donors (Lipinski definition) is 2. The number of nitrogens with one attached hydrogen (secondary N) is 2. The number of methoxy groups -OCH3 is 1. The first kappa shape index (κ1) is 17.7. The minimum Gasteiger partial charge on any atom is -0.467 e. The lowest BCUT2D eigenvalue weighted by Crippen LogP contribution is -2.44. The van der Waals surface area contributed by atoms with E-state index in [4.69, 9.17) is 16.3 Å². The van der Waals surface area contributed by atoms with Crippen LogP contribution >= 0.6 is 23.4 Å². The number of amides is 2. The van der Waals surface area contributed by atoms with E-state index in [1.54, 1.807) is 23.9 Å². The van der Waals surface area contributed by atoms with E-state index in [1.165, 1.54) is 7.11 Å². The van der Waals surface area contributed by atoms with Gasteiger partial charge in [-0.3, -0.25) is 0 Å². The van der Waals surface area contributed by atoms with Gasteiger partial charge in [-0.2, -0.15) is 11.8 Å². The van der Waals surface area contributed by atoms with Crippen LogP contribution in [0.15, 0.2) is 18.2 Å². The number of halogens is 1. The van der Waals surface area contributed by atoms with E-state index in [2.05, 4.69) is 10.6 Å². The van der Waals surface area contributed by atoms with Gasteiger partial charge in [0.2, 0.25) is 0 Å². The van der Waals surface area contributed by atoms with Crippen LogP contribution in [0.4, 0.5) is 10.5 Å². The van der Waals surface area contributed by atoms with Crippen LogP contribution in [0.3, 0.4) is 0 Å². The molecule has 21 heavy (non-hydrogen) atoms. The van der Waals surface area contributed by atoms with Crippen LogP contribution in [-0.4, -0.2) is 37.2 Å². The third-order valence-electron chi connectivity index (χ3n) is 2.85. The van der Waals surface area contributed by atoms with Gasteiger partial charge in [-0.15, -0.1) is 0 Å². The summed E-state index contributed by atoms with van der Waals surface area (Å²) in [6.45, 7) is 1.86. The quantitative estimate of drug-likeness (QED) is 0.787. The fourth-order valence-electron chi connectivity index (χ4n) is 1.67. The molecule has 0 saturated carbocycles. The lowest BCUT2D eigenvalue weighted by atomic mass is 10.2. The minimum absolute atomic E-state index is 0.456. The number of carbonyl (C=O) groups is 2. The molecule has 5 nitrogen and oxygen atoms in total. The Hall–Kier alpha value is -1.40. The molecule has 0 aromatic heterocycles. The van der Waals surface area contributed by atoms with Gasteiger partial charge in [-0.25, -0.2) is 9.59 Å². The van der Waals surface area contributed by atoms with Crippen molar-refractivity contribution in [2.75, 3.05) is 24.4 Å². The van der Waals surface area contributed by atoms with E-state index in [-0.39, 0.29) is 0 Å². The lowest BCUT2D eigenvalue weighted by molar-refractivity contribution is -0.142. The van der Waals surface area contributed by atoms with Crippen molar-refractivity contribution >= 4 is 41.1 Å². The first-order valence-electron chi connectivity index (χ1n) is 6.38. The molecule has 1 atom stereocenters. The second kappa shape index (κ2) is 8.79. The fraction of sp³-hybridized carbons (Fsp3) is 0.429. The molecule has 0 radical (unpaired) electrons. The molecule has 2 N–H and O–H groups in total. The summed E-state index contributed by atoms with van der Waals surface area (Å²) >= 11 is 7.50. The molecule has 0 fully saturated rings. The Labute approximate surface area is 133 Å². The summed E-state index contributed by atoms with van der Waals surface area (Å²) in [7, 11) is 1.30. The summed E-state index contributed by atoms with van der Waals surface area (Å²) in [6, 6.07) is 4.09. The number of aryl methyl sites for hydroxylation is 1. The summed E-state index contributed by atoms with van der Waals surface area (Å²) < 4.78 is 4.69. The van der Waals surface area contributed by atoms with Crippen LogP contribution in [0.25, 0.3) is 0 Å². The number of ether oxygens (including phenoxy) is 1. The maximum absolute atomic E-state index is 12.0. The molecular formula is C14H19ClN2O3S. The smallest absolute Gasteiger partial charge is 0.328 e. The number of urea groups is 1. The number of carbonyl (C=O) groups excluding carboxylic acids is 2. The van der Waals surface area contributed by atoms with Gasteiger partial charge in [0, 0.05) is 10.7 Å². The van der Waals surface area contributed by atoms with Gasteiger partial charge in [0.1, 0.15) is 6.04 Å². The summed E-state index contributed by atoms with van der Waals surface area (Å²) in [6.07, 6.45) is 2.44. The highest BCUT2D eigenvalue weighted by Gasteiger charge is 2.21. The highest BCUT2D eigenvalue weighted by molar-refractivity contribution is 7.98. The van der Waals surface area contributed by atoms with Crippen molar-refractivity contribution in [1.29, 1.82) is 0 Å². The molecular weight excluding hydrogens is 312 g/mol. The zero-order valence-electron chi connectivity index (χ0n) is 12.2. The molecule has 0 heterocycles. The van der Waals surface area contributed by atoms with Crippen LogP contribution in [0.2, 0.25) is 5.02 Å². The summed E-state index contributed by atoms with van der Waals surface area (Å²) in [5.41, 5.74) is 1.49. The molecule has 1 aromatic carbocycles. The highest BCUT2D eigenvalue weighted by Crippen LogP contribution is 2.20. The van der Waals surface area contributed by atoms with Gasteiger partial charge >= 0.3 is 12.0 Å². The number of esters is 1. The van der Waals surface area contributed by atoms with E-state index in [9.17, 15) is 9.59 Å². The molecule has 0 aliphatic carbocycles. The first-order chi connectivity index (χ1) is 9.97. The van der Waals surface area contributed by atoms with Crippen molar-refractivity contribution in [2.24, 2.45) is 0 Å². The van der Waals surface area contributed by atoms with Crippen LogP contribution in [-0.2, 0) is 9.53 Å². The third-order valence-corrected chi connectivity index (χ3v) is 3.73. The predicted molar refractivity (Wildman–Crippen MR) is 87.1 cm³/mol. The van der Waals surface area contributed by atoms with E-state index >= 15 is 0 Å². The molecule has 1 rings (SSSR count). The molecule has 0 aliphatic heterocycles. The second-order valence-corrected chi connectivity index (χ2v) is 5.84. The normalized spacial score (nSPS) is 11.6. The number of rotatable bonds is 6. The molecule has 0 spiro atoms. The summed E-state index contributed by atoms with van der Waals surface area (Å²) in [5, 5.41) is 5.83. The Balaban J connectivity index is 2.68. The average molecular weight is 331 g/mol. The third kappa shape index (κ3) is 5.85. The lowest BCUT2D eigenvalue weighted by Gasteiger charge is -2.17. The number of anilines is 1. The van der Waals surface area contributed by atoms with E-state index in [0.29, 0.717) is 17.1 Å². The Morgan fingerprint density at radius 2 is 2.14 bits per heavy atom. The first-order valence-corrected chi connectivity index (χ1v) is 8.15. The Morgan fingerprint density at radius 3 is 2.76 bits per heavy atom. The summed E-state index contributed by atoms with van der Waals surface area (Å²) in [5.74, 6) is 0.290. The topological polar surface area (TPSA) is 67.4 Å². The van der Waals surface area contributed by atoms with Crippen molar-refractivity contribution in [2.45, 2.75) is 19.4 Å². The Kier molecular flexibility index (Phi) is 7.39. The van der Waals surface area contributed by atoms with Crippen LogP contribution in [0.5, 0.6) is 0 Å². The zero-order valence-corrected chi connectivity index (χ0v) is 13.8. The van der Waals surface area contributed by atoms with Crippen LogP contribution in [0.1, 0.15) is 12.0 Å². The molecule has 116 valence electrons. The SMILES string of the molecule is COC(=O)[C@@H](CCSC)NC(=O)Nc1cc(Cl)ccc1C. The average Bonchev–Trinajstić information content (AvgIpc) is 2.46. The molecule has 7 heteroatoms. The van der Waals surface area contributed by atoms with Gasteiger partial charge < -0.3 is 15.4 Å². The van der Waals surface area contributed by atoms with E-state index in [0.717, 1.165) is 11.3 Å². The van der Waals surface area contributed by atoms with Gasteiger partial charge in [-0.1, -0.05) is 17.7 Å². The molecule has 2 amide bonds. The van der Waals surface area contributed by atoms with Crippen molar-refractivity contribution in [3.05, 3.63) is 28.8 Å². The van der Waals surface area contributed by atoms with Crippen molar-refractivity contribution < 1.29 is 14.3 Å². The van der Waals surface area contributed by atoms with Gasteiger partial charge in [0.25, 0.3) is 0 Å². The second-order valence-electron chi connectivity index (χ2n) is 4.41. The van der Waals surface area contributed by atoms with Crippen molar-refractivity contribution in [3.63, 3.8) is 0 Å². The van der Waals surface area contributed by atoms with E-state index in [1.807, 2.05) is 19.2 Å². The van der Waals surface area contributed by atoms with Crippen molar-refractivity contribution in [1.82, 2.24) is 5.32 Å². The maximum Gasteiger partial charge on any atom is 0.328 e. The van der Waals surface area contributed by atoms with E-state index < -0.39 is 18.0 Å². The molecule has 1 aromatic rings. The number of benzene rings is 1. The van der Waals surface area contributed by atoms with Gasteiger partial charge in [-0.05, 0) is 43.0 Å². The van der Waals surface area contributed by atoms with Gasteiger partial charge in [0.05, 0.1) is 7.11 Å². The highest BCUT2D eigenvalue weighted by atomic mass is 35.5. The van der Waals surface area contributed by atoms with Crippen LogP contribution < -0.4 is 10.6 Å². The molecule has 0 aliphatic rings. The molecule has 0 unspecified atom stereocenters. The Bertz CT molecular complexity index is 511. The minimum atomic E-state index is -0.665. The number of hydrogen-bond acceptors (Lipinski definition) is 4. The monoisotopic (exact) mass is 330 g/mol. The number of thioether (sulfide) groups is 1. The predicted octanol–water partition coefficient (Wildman–Crippen LogP) is 3.06.